The van der Waals surface area contributed by atoms with Gasteiger partial charge in [0.1, 0.15) is 0 Å². The quantitative estimate of drug-likeness (QED) is 0.767. The number of imide groups is 1. The number of amides is 2. The maximum atomic E-state index is 12.1. The molecule has 1 heterocycles. The van der Waals surface area contributed by atoms with Gasteiger partial charge in [0.05, 0.1) is 0 Å². The minimum absolute atomic E-state index is 0.00975. The van der Waals surface area contributed by atoms with Gasteiger partial charge < -0.3 is 0 Å². The molecule has 0 aromatic rings. The summed E-state index contributed by atoms with van der Waals surface area (Å²) in [7, 11) is 0. The molecule has 0 aromatic carbocycles. The summed E-state index contributed by atoms with van der Waals surface area (Å²) in [4.78, 5) is 23.8. The molecule has 17 heavy (non-hydrogen) atoms. The zero-order valence-corrected chi connectivity index (χ0v) is 10.9. The summed E-state index contributed by atoms with van der Waals surface area (Å²) in [5, 5.41) is 2.53. The van der Waals surface area contributed by atoms with Crippen molar-refractivity contribution in [3.63, 3.8) is 0 Å². The molecule has 2 aliphatic rings. The Hall–Kier alpha value is -0.860. The molecule has 3 heteroatoms. The molecule has 2 rings (SSSR count). The molecule has 2 amide bonds. The molecule has 0 bridgehead atoms. The lowest BCUT2D eigenvalue weighted by Crippen LogP contribution is -2.53. The Morgan fingerprint density at radius 2 is 2.12 bits per heavy atom. The van der Waals surface area contributed by atoms with Crippen LogP contribution in [0.3, 0.4) is 0 Å². The molecule has 1 saturated carbocycles. The van der Waals surface area contributed by atoms with E-state index in [1.165, 1.54) is 12.8 Å². The van der Waals surface area contributed by atoms with Crippen molar-refractivity contribution < 1.29 is 9.59 Å². The fraction of sp³-hybridized carbons (Fsp3) is 0.857. The van der Waals surface area contributed by atoms with E-state index in [0.29, 0.717) is 12.3 Å². The number of hydrogen-bond acceptors (Lipinski definition) is 2. The molecule has 0 radical (unpaired) electrons. The SMILES string of the molecule is CCCC1C(=O)NC(=O)CC12CCCC2CC. The molecule has 1 saturated heterocycles. The van der Waals surface area contributed by atoms with Gasteiger partial charge in [-0.2, -0.15) is 0 Å². The summed E-state index contributed by atoms with van der Waals surface area (Å²) in [6.45, 7) is 4.31. The maximum Gasteiger partial charge on any atom is 0.230 e. The molecule has 3 unspecified atom stereocenters. The van der Waals surface area contributed by atoms with E-state index in [4.69, 9.17) is 0 Å². The fourth-order valence-corrected chi connectivity index (χ4v) is 4.13. The summed E-state index contributed by atoms with van der Waals surface area (Å²) in [6, 6.07) is 0. The van der Waals surface area contributed by atoms with Crippen molar-refractivity contribution in [2.45, 2.75) is 58.8 Å². The van der Waals surface area contributed by atoms with Gasteiger partial charge in [0.15, 0.2) is 0 Å². The van der Waals surface area contributed by atoms with Crippen molar-refractivity contribution in [1.29, 1.82) is 0 Å². The van der Waals surface area contributed by atoms with Crippen LogP contribution in [0.5, 0.6) is 0 Å². The first-order valence-electron chi connectivity index (χ1n) is 6.97. The minimum atomic E-state index is -0.0531. The van der Waals surface area contributed by atoms with Crippen LogP contribution in [0.1, 0.15) is 58.8 Å². The Morgan fingerprint density at radius 1 is 1.35 bits per heavy atom. The van der Waals surface area contributed by atoms with Crippen molar-refractivity contribution >= 4 is 11.8 Å². The summed E-state index contributed by atoms with van der Waals surface area (Å²) in [6.07, 6.45) is 7.05. The highest BCUT2D eigenvalue weighted by molar-refractivity contribution is 5.99. The van der Waals surface area contributed by atoms with Crippen molar-refractivity contribution in [3.05, 3.63) is 0 Å². The predicted molar refractivity (Wildman–Crippen MR) is 66.2 cm³/mol. The van der Waals surface area contributed by atoms with E-state index in [1.807, 2.05) is 0 Å². The zero-order chi connectivity index (χ0) is 12.5. The molecule has 2 fully saturated rings. The lowest BCUT2D eigenvalue weighted by atomic mass is 9.62. The first kappa shape index (κ1) is 12.6. The van der Waals surface area contributed by atoms with Crippen molar-refractivity contribution in [1.82, 2.24) is 5.32 Å². The number of rotatable bonds is 3. The van der Waals surface area contributed by atoms with Gasteiger partial charge in [-0.3, -0.25) is 14.9 Å². The van der Waals surface area contributed by atoms with Gasteiger partial charge in [0.2, 0.25) is 11.8 Å². The third-order valence-electron chi connectivity index (χ3n) is 4.84. The summed E-state index contributed by atoms with van der Waals surface area (Å²) >= 11 is 0. The highest BCUT2D eigenvalue weighted by atomic mass is 16.2. The molecule has 96 valence electrons. The second-order valence-electron chi connectivity index (χ2n) is 5.66. The second kappa shape index (κ2) is 4.79. The molecule has 1 aliphatic heterocycles. The van der Waals surface area contributed by atoms with Gasteiger partial charge in [-0.15, -0.1) is 0 Å². The van der Waals surface area contributed by atoms with Gasteiger partial charge in [0.25, 0.3) is 0 Å². The van der Waals surface area contributed by atoms with E-state index in [2.05, 4.69) is 19.2 Å². The number of carbonyl (C=O) groups excluding carboxylic acids is 2. The van der Waals surface area contributed by atoms with Crippen LogP contribution in [0.15, 0.2) is 0 Å². The van der Waals surface area contributed by atoms with Gasteiger partial charge in [-0.1, -0.05) is 33.1 Å². The Balaban J connectivity index is 2.31. The Bertz CT molecular complexity index is 326. The molecule has 3 atom stereocenters. The Kier molecular flexibility index (Phi) is 3.55. The topological polar surface area (TPSA) is 46.2 Å². The van der Waals surface area contributed by atoms with E-state index in [1.54, 1.807) is 0 Å². The lowest BCUT2D eigenvalue weighted by Gasteiger charge is -2.44. The van der Waals surface area contributed by atoms with Crippen molar-refractivity contribution in [2.24, 2.45) is 17.3 Å². The normalized spacial score (nSPS) is 37.5. The second-order valence-corrected chi connectivity index (χ2v) is 5.66. The lowest BCUT2D eigenvalue weighted by molar-refractivity contribution is -0.146. The van der Waals surface area contributed by atoms with Crippen LogP contribution >= 0.6 is 0 Å². The number of nitrogens with one attached hydrogen (secondary N) is 1. The highest BCUT2D eigenvalue weighted by Crippen LogP contribution is 2.55. The third-order valence-corrected chi connectivity index (χ3v) is 4.84. The number of piperidine rings is 1. The molecular weight excluding hydrogens is 214 g/mol. The van der Waals surface area contributed by atoms with Gasteiger partial charge in [-0.25, -0.2) is 0 Å². The van der Waals surface area contributed by atoms with Crippen LogP contribution in [0, 0.1) is 17.3 Å². The van der Waals surface area contributed by atoms with Gasteiger partial charge >= 0.3 is 0 Å². The maximum absolute atomic E-state index is 12.1. The Labute approximate surface area is 103 Å². The first-order chi connectivity index (χ1) is 8.14. The Morgan fingerprint density at radius 3 is 2.76 bits per heavy atom. The van der Waals surface area contributed by atoms with Crippen LogP contribution in [0.4, 0.5) is 0 Å². The number of hydrogen-bond donors (Lipinski definition) is 1. The van der Waals surface area contributed by atoms with Gasteiger partial charge in [-0.05, 0) is 30.6 Å². The number of carbonyl (C=O) groups is 2. The molecule has 0 aromatic heterocycles. The van der Waals surface area contributed by atoms with Gasteiger partial charge in [0, 0.05) is 12.3 Å². The van der Waals surface area contributed by atoms with Crippen molar-refractivity contribution in [2.75, 3.05) is 0 Å². The summed E-state index contributed by atoms with van der Waals surface area (Å²) < 4.78 is 0. The molecule has 1 N–H and O–H groups in total. The standard InChI is InChI=1S/C14H23NO2/c1-3-6-11-13(17)15-12(16)9-14(11)8-5-7-10(14)4-2/h10-11H,3-9H2,1-2H3,(H,15,16,17). The van der Waals surface area contributed by atoms with E-state index >= 15 is 0 Å². The predicted octanol–water partition coefficient (Wildman–Crippen LogP) is 2.65. The monoisotopic (exact) mass is 237 g/mol. The molecular formula is C14H23NO2. The molecule has 3 nitrogen and oxygen atoms in total. The summed E-state index contributed by atoms with van der Waals surface area (Å²) in [5.74, 6) is 0.567. The van der Waals surface area contributed by atoms with E-state index < -0.39 is 0 Å². The third kappa shape index (κ3) is 2.00. The molecule has 1 spiro atoms. The van der Waals surface area contributed by atoms with Crippen LogP contribution < -0.4 is 5.32 Å². The summed E-state index contributed by atoms with van der Waals surface area (Å²) in [5.41, 5.74) is -0.00975. The minimum Gasteiger partial charge on any atom is -0.296 e. The fourth-order valence-electron chi connectivity index (χ4n) is 4.13. The van der Waals surface area contributed by atoms with E-state index in [9.17, 15) is 9.59 Å². The van der Waals surface area contributed by atoms with Crippen LogP contribution in [-0.4, -0.2) is 11.8 Å². The largest absolute Gasteiger partial charge is 0.296 e. The average molecular weight is 237 g/mol. The van der Waals surface area contributed by atoms with Crippen LogP contribution in [0.2, 0.25) is 0 Å². The smallest absolute Gasteiger partial charge is 0.230 e. The average Bonchev–Trinajstić information content (AvgIpc) is 2.67. The van der Waals surface area contributed by atoms with Crippen molar-refractivity contribution in [3.8, 4) is 0 Å². The van der Waals surface area contributed by atoms with E-state index in [-0.39, 0.29) is 23.1 Å². The zero-order valence-electron chi connectivity index (χ0n) is 10.9. The first-order valence-corrected chi connectivity index (χ1v) is 6.97. The molecule has 1 aliphatic carbocycles. The van der Waals surface area contributed by atoms with Crippen LogP contribution in [-0.2, 0) is 9.59 Å². The van der Waals surface area contributed by atoms with E-state index in [0.717, 1.165) is 25.7 Å². The highest BCUT2D eigenvalue weighted by Gasteiger charge is 2.53. The van der Waals surface area contributed by atoms with Crippen LogP contribution in [0.25, 0.3) is 0 Å².